The van der Waals surface area contributed by atoms with Crippen molar-refractivity contribution in [1.82, 2.24) is 0 Å². The minimum atomic E-state index is -0.120. The number of carbonyl (C=O) groups excluding carboxylic acids is 1. The van der Waals surface area contributed by atoms with Gasteiger partial charge in [0.2, 0.25) is 0 Å². The number of hydrogen-bond acceptors (Lipinski definition) is 1. The van der Waals surface area contributed by atoms with Crippen molar-refractivity contribution < 1.29 is 4.79 Å². The number of benzene rings is 1. The first-order valence-corrected chi connectivity index (χ1v) is 6.79. The van der Waals surface area contributed by atoms with Gasteiger partial charge >= 0.3 is 0 Å². The molecular weight excluding hydrogens is 220 g/mol. The van der Waals surface area contributed by atoms with Gasteiger partial charge in [-0.3, -0.25) is 4.79 Å². The summed E-state index contributed by atoms with van der Waals surface area (Å²) in [6.45, 7) is 4.06. The molecule has 1 atom stereocenters. The number of hydrogen-bond donors (Lipinski definition) is 0. The fraction of sp³-hybridized carbons (Fsp3) is 0.471. The summed E-state index contributed by atoms with van der Waals surface area (Å²) in [6.07, 6.45) is 4.60. The SMILES string of the molecule is CCCCC#C[C@H](C)C(=O)CCc1ccccc1. The van der Waals surface area contributed by atoms with E-state index in [1.165, 1.54) is 5.56 Å². The molecule has 1 aromatic carbocycles. The molecule has 1 heteroatoms. The van der Waals surface area contributed by atoms with Crippen molar-refractivity contribution in [3.63, 3.8) is 0 Å². The molecule has 0 aliphatic heterocycles. The molecular formula is C17H22O. The quantitative estimate of drug-likeness (QED) is 0.544. The highest BCUT2D eigenvalue weighted by molar-refractivity contribution is 5.83. The Balaban J connectivity index is 2.33. The van der Waals surface area contributed by atoms with Crippen LogP contribution in [0, 0.1) is 17.8 Å². The smallest absolute Gasteiger partial charge is 0.147 e. The van der Waals surface area contributed by atoms with Gasteiger partial charge in [0, 0.05) is 12.8 Å². The lowest BCUT2D eigenvalue weighted by atomic mass is 10.00. The molecule has 0 saturated heterocycles. The third-order valence-corrected chi connectivity index (χ3v) is 2.96. The largest absolute Gasteiger partial charge is 0.298 e. The average molecular weight is 242 g/mol. The highest BCUT2D eigenvalue weighted by atomic mass is 16.1. The predicted octanol–water partition coefficient (Wildman–Crippen LogP) is 4.02. The van der Waals surface area contributed by atoms with Gasteiger partial charge in [-0.05, 0) is 25.3 Å². The topological polar surface area (TPSA) is 17.1 Å². The van der Waals surface area contributed by atoms with Crippen LogP contribution in [0.15, 0.2) is 30.3 Å². The van der Waals surface area contributed by atoms with E-state index in [-0.39, 0.29) is 11.7 Å². The van der Waals surface area contributed by atoms with E-state index in [2.05, 4.69) is 30.9 Å². The summed E-state index contributed by atoms with van der Waals surface area (Å²) >= 11 is 0. The number of unbranched alkanes of at least 4 members (excludes halogenated alkanes) is 2. The summed E-state index contributed by atoms with van der Waals surface area (Å²) in [5, 5.41) is 0. The fourth-order valence-electron chi connectivity index (χ4n) is 1.70. The predicted molar refractivity (Wildman–Crippen MR) is 76.2 cm³/mol. The van der Waals surface area contributed by atoms with Crippen molar-refractivity contribution in [2.45, 2.75) is 46.0 Å². The molecule has 0 amide bonds. The summed E-state index contributed by atoms with van der Waals surface area (Å²) in [4.78, 5) is 11.9. The van der Waals surface area contributed by atoms with Gasteiger partial charge in [-0.25, -0.2) is 0 Å². The lowest BCUT2D eigenvalue weighted by Crippen LogP contribution is -2.09. The highest BCUT2D eigenvalue weighted by Gasteiger charge is 2.09. The number of carbonyl (C=O) groups is 1. The summed E-state index contributed by atoms with van der Waals surface area (Å²) in [5.41, 5.74) is 1.22. The van der Waals surface area contributed by atoms with Crippen LogP contribution in [0.1, 0.15) is 45.1 Å². The van der Waals surface area contributed by atoms with Crippen LogP contribution in [0.5, 0.6) is 0 Å². The Morgan fingerprint density at radius 3 is 2.67 bits per heavy atom. The zero-order valence-electron chi connectivity index (χ0n) is 11.4. The first-order valence-electron chi connectivity index (χ1n) is 6.79. The van der Waals surface area contributed by atoms with Gasteiger partial charge in [-0.2, -0.15) is 0 Å². The summed E-state index contributed by atoms with van der Waals surface area (Å²) < 4.78 is 0. The Kier molecular flexibility index (Phi) is 6.87. The molecule has 1 nitrogen and oxygen atoms in total. The molecule has 1 aromatic rings. The van der Waals surface area contributed by atoms with Crippen molar-refractivity contribution in [1.29, 1.82) is 0 Å². The molecule has 0 aliphatic carbocycles. The van der Waals surface area contributed by atoms with Crippen molar-refractivity contribution in [2.75, 3.05) is 0 Å². The van der Waals surface area contributed by atoms with Crippen molar-refractivity contribution in [3.05, 3.63) is 35.9 Å². The Labute approximate surface area is 111 Å². The minimum Gasteiger partial charge on any atom is -0.298 e. The van der Waals surface area contributed by atoms with E-state index in [4.69, 9.17) is 0 Å². The molecule has 0 spiro atoms. The van der Waals surface area contributed by atoms with Gasteiger partial charge in [0.25, 0.3) is 0 Å². The van der Waals surface area contributed by atoms with Gasteiger partial charge in [-0.15, -0.1) is 5.92 Å². The van der Waals surface area contributed by atoms with Crippen molar-refractivity contribution >= 4 is 5.78 Å². The van der Waals surface area contributed by atoms with Crippen LogP contribution >= 0.6 is 0 Å². The number of ketones is 1. The number of rotatable bonds is 6. The van der Waals surface area contributed by atoms with Crippen LogP contribution in [-0.2, 0) is 11.2 Å². The maximum atomic E-state index is 11.9. The molecule has 0 fully saturated rings. The van der Waals surface area contributed by atoms with Crippen molar-refractivity contribution in [2.24, 2.45) is 5.92 Å². The Bertz CT molecular complexity index is 408. The molecule has 18 heavy (non-hydrogen) atoms. The molecule has 0 aromatic heterocycles. The molecule has 0 saturated carbocycles. The molecule has 0 radical (unpaired) electrons. The number of aryl methyl sites for hydroxylation is 1. The second kappa shape index (κ2) is 8.53. The zero-order valence-corrected chi connectivity index (χ0v) is 11.4. The molecule has 1 rings (SSSR count). The molecule has 0 heterocycles. The first-order chi connectivity index (χ1) is 8.74. The van der Waals surface area contributed by atoms with Gasteiger partial charge in [0.1, 0.15) is 5.78 Å². The number of Topliss-reactive ketones (excluding diaryl/α,β-unsaturated/α-hetero) is 1. The van der Waals surface area contributed by atoms with Crippen LogP contribution in [0.2, 0.25) is 0 Å². The zero-order chi connectivity index (χ0) is 13.2. The molecule has 0 N–H and O–H groups in total. The lowest BCUT2D eigenvalue weighted by molar-refractivity contribution is -0.120. The van der Waals surface area contributed by atoms with Crippen LogP contribution in [-0.4, -0.2) is 5.78 Å². The Morgan fingerprint density at radius 1 is 1.28 bits per heavy atom. The third kappa shape index (κ3) is 5.68. The summed E-state index contributed by atoms with van der Waals surface area (Å²) in [7, 11) is 0. The van der Waals surface area contributed by atoms with Gasteiger partial charge in [0.15, 0.2) is 0 Å². The standard InChI is InChI=1S/C17H22O/c1-3-4-5-7-10-15(2)17(18)14-13-16-11-8-6-9-12-16/h6,8-9,11-12,15H,3-5,13-14H2,1-2H3/t15-/m0/s1. The molecule has 0 bridgehead atoms. The van der Waals surface area contributed by atoms with E-state index < -0.39 is 0 Å². The van der Waals surface area contributed by atoms with Gasteiger partial charge in [0.05, 0.1) is 5.92 Å². The van der Waals surface area contributed by atoms with E-state index >= 15 is 0 Å². The third-order valence-electron chi connectivity index (χ3n) is 2.96. The second-order valence-electron chi connectivity index (χ2n) is 4.60. The van der Waals surface area contributed by atoms with E-state index in [9.17, 15) is 4.79 Å². The van der Waals surface area contributed by atoms with E-state index in [0.29, 0.717) is 6.42 Å². The minimum absolute atomic E-state index is 0.120. The first kappa shape index (κ1) is 14.5. The van der Waals surface area contributed by atoms with Gasteiger partial charge in [-0.1, -0.05) is 49.6 Å². The van der Waals surface area contributed by atoms with E-state index in [0.717, 1.165) is 25.7 Å². The van der Waals surface area contributed by atoms with Crippen LogP contribution in [0.3, 0.4) is 0 Å². The van der Waals surface area contributed by atoms with Crippen LogP contribution in [0.25, 0.3) is 0 Å². The maximum absolute atomic E-state index is 11.9. The molecule has 0 unspecified atom stereocenters. The van der Waals surface area contributed by atoms with E-state index in [1.54, 1.807) is 0 Å². The fourth-order valence-corrected chi connectivity index (χ4v) is 1.70. The van der Waals surface area contributed by atoms with Crippen LogP contribution < -0.4 is 0 Å². The van der Waals surface area contributed by atoms with Crippen molar-refractivity contribution in [3.8, 4) is 11.8 Å². The van der Waals surface area contributed by atoms with Crippen LogP contribution in [0.4, 0.5) is 0 Å². The molecule has 96 valence electrons. The van der Waals surface area contributed by atoms with E-state index in [1.807, 2.05) is 25.1 Å². The summed E-state index contributed by atoms with van der Waals surface area (Å²) in [5.74, 6) is 6.28. The summed E-state index contributed by atoms with van der Waals surface area (Å²) in [6, 6.07) is 10.1. The lowest BCUT2D eigenvalue weighted by Gasteiger charge is -2.03. The molecule has 0 aliphatic rings. The monoisotopic (exact) mass is 242 g/mol. The Hall–Kier alpha value is -1.55. The van der Waals surface area contributed by atoms with Gasteiger partial charge < -0.3 is 0 Å². The second-order valence-corrected chi connectivity index (χ2v) is 4.60. The average Bonchev–Trinajstić information content (AvgIpc) is 2.42. The normalized spacial score (nSPS) is 11.4. The Morgan fingerprint density at radius 2 is 2.00 bits per heavy atom. The highest BCUT2D eigenvalue weighted by Crippen LogP contribution is 2.07. The maximum Gasteiger partial charge on any atom is 0.147 e.